The van der Waals surface area contributed by atoms with E-state index in [2.05, 4.69) is 0 Å². The SMILES string of the molecule is Cc1cccc(C)c1B(O)O.[H-].[Na+]. The summed E-state index contributed by atoms with van der Waals surface area (Å²) in [4.78, 5) is 0. The minimum atomic E-state index is -1.35. The van der Waals surface area contributed by atoms with Crippen LogP contribution in [0.5, 0.6) is 0 Å². The van der Waals surface area contributed by atoms with Crippen molar-refractivity contribution < 1.29 is 41.0 Å². The number of aryl methyl sites for hydroxylation is 2. The summed E-state index contributed by atoms with van der Waals surface area (Å²) in [5, 5.41) is 17.9. The zero-order valence-corrected chi connectivity index (χ0v) is 9.70. The van der Waals surface area contributed by atoms with E-state index in [-0.39, 0.29) is 31.0 Å². The third-order valence-electron chi connectivity index (χ3n) is 1.80. The van der Waals surface area contributed by atoms with E-state index in [9.17, 15) is 0 Å². The zero-order chi connectivity index (χ0) is 8.43. The van der Waals surface area contributed by atoms with Gasteiger partial charge in [-0.3, -0.25) is 0 Å². The molecule has 0 aromatic heterocycles. The van der Waals surface area contributed by atoms with Crippen molar-refractivity contribution in [2.24, 2.45) is 0 Å². The maximum atomic E-state index is 8.94. The summed E-state index contributed by atoms with van der Waals surface area (Å²) >= 11 is 0. The van der Waals surface area contributed by atoms with Gasteiger partial charge < -0.3 is 11.5 Å². The van der Waals surface area contributed by atoms with Gasteiger partial charge in [0.25, 0.3) is 0 Å². The third kappa shape index (κ3) is 2.61. The van der Waals surface area contributed by atoms with Gasteiger partial charge in [0.1, 0.15) is 0 Å². The first-order chi connectivity index (χ1) is 5.13. The molecule has 0 aliphatic carbocycles. The van der Waals surface area contributed by atoms with Gasteiger partial charge in [-0.2, -0.15) is 0 Å². The van der Waals surface area contributed by atoms with E-state index < -0.39 is 7.12 Å². The topological polar surface area (TPSA) is 40.5 Å². The van der Waals surface area contributed by atoms with Crippen molar-refractivity contribution in [3.05, 3.63) is 29.3 Å². The molecule has 0 fully saturated rings. The van der Waals surface area contributed by atoms with Crippen LogP contribution in [-0.2, 0) is 0 Å². The molecule has 0 unspecified atom stereocenters. The molecule has 0 amide bonds. The smallest absolute Gasteiger partial charge is 1.00 e. The molecule has 4 heteroatoms. The Morgan fingerprint density at radius 2 is 1.58 bits per heavy atom. The fourth-order valence-corrected chi connectivity index (χ4v) is 1.23. The van der Waals surface area contributed by atoms with Crippen LogP contribution in [0.2, 0.25) is 0 Å². The quantitative estimate of drug-likeness (QED) is 0.448. The second-order valence-electron chi connectivity index (χ2n) is 2.68. The predicted molar refractivity (Wildman–Crippen MR) is 46.9 cm³/mol. The fraction of sp³-hybridized carbons (Fsp3) is 0.250. The maximum Gasteiger partial charge on any atom is 1.00 e. The minimum absolute atomic E-state index is 0. The number of rotatable bonds is 1. The van der Waals surface area contributed by atoms with Crippen molar-refractivity contribution in [2.75, 3.05) is 0 Å². The Hall–Kier alpha value is 0.205. The van der Waals surface area contributed by atoms with Gasteiger partial charge in [0.05, 0.1) is 0 Å². The largest absolute Gasteiger partial charge is 1.00 e. The van der Waals surface area contributed by atoms with E-state index in [0.29, 0.717) is 5.46 Å². The van der Waals surface area contributed by atoms with Gasteiger partial charge in [0.15, 0.2) is 0 Å². The van der Waals surface area contributed by atoms with E-state index in [4.69, 9.17) is 10.0 Å². The average molecular weight is 174 g/mol. The summed E-state index contributed by atoms with van der Waals surface area (Å²) in [5.41, 5.74) is 2.45. The number of hydrogen-bond acceptors (Lipinski definition) is 2. The average Bonchev–Trinajstić information content (AvgIpc) is 1.85. The Bertz CT molecular complexity index is 248. The molecule has 12 heavy (non-hydrogen) atoms. The molecule has 0 spiro atoms. The van der Waals surface area contributed by atoms with Gasteiger partial charge in [-0.1, -0.05) is 29.3 Å². The third-order valence-corrected chi connectivity index (χ3v) is 1.80. The zero-order valence-electron chi connectivity index (χ0n) is 8.70. The molecule has 0 aliphatic rings. The van der Waals surface area contributed by atoms with Crippen LogP contribution in [0.3, 0.4) is 0 Å². The minimum Gasteiger partial charge on any atom is -1.00 e. The second kappa shape index (κ2) is 5.05. The van der Waals surface area contributed by atoms with Crippen LogP contribution in [0.15, 0.2) is 18.2 Å². The molecule has 0 radical (unpaired) electrons. The van der Waals surface area contributed by atoms with Crippen LogP contribution in [0.25, 0.3) is 0 Å². The first kappa shape index (κ1) is 12.2. The van der Waals surface area contributed by atoms with Crippen molar-refractivity contribution >= 4 is 12.6 Å². The van der Waals surface area contributed by atoms with Gasteiger partial charge in [0, 0.05) is 0 Å². The second-order valence-corrected chi connectivity index (χ2v) is 2.68. The van der Waals surface area contributed by atoms with Crippen molar-refractivity contribution in [2.45, 2.75) is 13.8 Å². The molecular formula is C8H12BNaO2. The molecule has 0 aliphatic heterocycles. The summed E-state index contributed by atoms with van der Waals surface area (Å²) in [5.74, 6) is 0. The molecule has 1 aromatic carbocycles. The van der Waals surface area contributed by atoms with Crippen molar-refractivity contribution in [3.63, 3.8) is 0 Å². The predicted octanol–water partition coefficient (Wildman–Crippen LogP) is -2.90. The van der Waals surface area contributed by atoms with Crippen molar-refractivity contribution in [1.29, 1.82) is 0 Å². The maximum absolute atomic E-state index is 8.94. The Morgan fingerprint density at radius 1 is 1.17 bits per heavy atom. The van der Waals surface area contributed by atoms with Gasteiger partial charge in [-0.05, 0) is 19.3 Å². The summed E-state index contributed by atoms with van der Waals surface area (Å²) < 4.78 is 0. The molecule has 1 rings (SSSR count). The Balaban J connectivity index is 0. The molecule has 0 bridgehead atoms. The first-order valence-electron chi connectivity index (χ1n) is 3.55. The standard InChI is InChI=1S/C8H11BO2.Na.H/c1-6-4-3-5-7(2)8(6)9(10)11;;/h3-5,10-11H,1-2H3;;/q;+1;-1. The molecule has 60 valence electrons. The Morgan fingerprint density at radius 3 is 1.83 bits per heavy atom. The van der Waals surface area contributed by atoms with E-state index in [0.717, 1.165) is 11.1 Å². The molecule has 2 N–H and O–H groups in total. The monoisotopic (exact) mass is 174 g/mol. The van der Waals surface area contributed by atoms with Crippen LogP contribution in [0.1, 0.15) is 12.6 Å². The molecule has 0 heterocycles. The molecule has 0 saturated carbocycles. The molecule has 0 saturated heterocycles. The van der Waals surface area contributed by atoms with Gasteiger partial charge in [-0.15, -0.1) is 0 Å². The van der Waals surface area contributed by atoms with E-state index in [1.165, 1.54) is 0 Å². The Kier molecular flexibility index (Phi) is 5.13. The van der Waals surface area contributed by atoms with E-state index in [1.807, 2.05) is 32.0 Å². The van der Waals surface area contributed by atoms with Crippen molar-refractivity contribution in [1.82, 2.24) is 0 Å². The van der Waals surface area contributed by atoms with Gasteiger partial charge >= 0.3 is 36.7 Å². The van der Waals surface area contributed by atoms with Crippen molar-refractivity contribution in [3.8, 4) is 0 Å². The Labute approximate surface area is 96.5 Å². The van der Waals surface area contributed by atoms with Crippen LogP contribution >= 0.6 is 0 Å². The number of benzene rings is 1. The van der Waals surface area contributed by atoms with Crippen LogP contribution in [-0.4, -0.2) is 17.2 Å². The van der Waals surface area contributed by atoms with Gasteiger partial charge in [-0.25, -0.2) is 0 Å². The summed E-state index contributed by atoms with van der Waals surface area (Å²) in [7, 11) is -1.35. The molecule has 0 atom stereocenters. The molecule has 1 aromatic rings. The molecule has 2 nitrogen and oxygen atoms in total. The van der Waals surface area contributed by atoms with E-state index in [1.54, 1.807) is 0 Å². The first-order valence-corrected chi connectivity index (χ1v) is 3.55. The molecular weight excluding hydrogens is 162 g/mol. The van der Waals surface area contributed by atoms with E-state index >= 15 is 0 Å². The van der Waals surface area contributed by atoms with Crippen LogP contribution < -0.4 is 35.0 Å². The number of hydrogen-bond donors (Lipinski definition) is 2. The summed E-state index contributed by atoms with van der Waals surface area (Å²) in [6.07, 6.45) is 0. The summed E-state index contributed by atoms with van der Waals surface area (Å²) in [6, 6.07) is 5.63. The summed E-state index contributed by atoms with van der Waals surface area (Å²) in [6.45, 7) is 3.73. The van der Waals surface area contributed by atoms with Crippen LogP contribution in [0, 0.1) is 13.8 Å². The van der Waals surface area contributed by atoms with Crippen LogP contribution in [0.4, 0.5) is 0 Å². The normalized spacial score (nSPS) is 9.00. The fourth-order valence-electron chi connectivity index (χ4n) is 1.23. The van der Waals surface area contributed by atoms with Gasteiger partial charge in [0.2, 0.25) is 0 Å².